The minimum absolute atomic E-state index is 0.0684. The van der Waals surface area contributed by atoms with Crippen molar-refractivity contribution < 1.29 is 19.2 Å². The van der Waals surface area contributed by atoms with E-state index in [0.717, 1.165) is 0 Å². The topological polar surface area (TPSA) is 125 Å². The van der Waals surface area contributed by atoms with Crippen molar-refractivity contribution in [2.75, 3.05) is 0 Å². The molecule has 0 aliphatic carbocycles. The number of hydrogen-bond donors (Lipinski definition) is 1. The number of benzene rings is 1. The molecule has 0 radical (unpaired) electrons. The highest BCUT2D eigenvalue weighted by molar-refractivity contribution is 6.08. The zero-order chi connectivity index (χ0) is 20.5. The number of fused-ring (bicyclic) bond motifs is 1. The Labute approximate surface area is 156 Å². The number of nitro benzene ring substituents is 1. The van der Waals surface area contributed by atoms with Crippen molar-refractivity contribution in [3.8, 4) is 0 Å². The lowest BCUT2D eigenvalue weighted by Gasteiger charge is -2.25. The summed E-state index contributed by atoms with van der Waals surface area (Å²) in [7, 11) is 0. The van der Waals surface area contributed by atoms with Crippen LogP contribution in [0, 0.1) is 17.0 Å². The van der Waals surface area contributed by atoms with Gasteiger partial charge in [-0.3, -0.25) is 24.7 Å². The van der Waals surface area contributed by atoms with Gasteiger partial charge in [0.1, 0.15) is 5.60 Å². The zero-order valence-electron chi connectivity index (χ0n) is 16.0. The standard InChI is InChI=1S/C19H23N3O5/c1-6-12(18(24)27-19(3,4)5)15-10(2)21-14-8-7-11(22(25)26)9-13(14)16(15)17(20)23/h7-9,12H,6H2,1-5H3,(H2,20,23). The van der Waals surface area contributed by atoms with Gasteiger partial charge >= 0.3 is 5.97 Å². The summed E-state index contributed by atoms with van der Waals surface area (Å²) >= 11 is 0. The second kappa shape index (κ2) is 7.30. The van der Waals surface area contributed by atoms with E-state index in [0.29, 0.717) is 23.2 Å². The van der Waals surface area contributed by atoms with E-state index in [1.807, 2.05) is 0 Å². The predicted octanol–water partition coefficient (Wildman–Crippen LogP) is 3.39. The van der Waals surface area contributed by atoms with Crippen molar-refractivity contribution in [2.24, 2.45) is 5.73 Å². The summed E-state index contributed by atoms with van der Waals surface area (Å²) in [5.41, 5.74) is 6.00. The Balaban J connectivity index is 2.79. The van der Waals surface area contributed by atoms with Crippen LogP contribution in [0.5, 0.6) is 0 Å². The van der Waals surface area contributed by atoms with E-state index in [1.54, 1.807) is 34.6 Å². The Morgan fingerprint density at radius 3 is 2.44 bits per heavy atom. The Bertz CT molecular complexity index is 931. The first-order chi connectivity index (χ1) is 12.5. The molecule has 0 spiro atoms. The molecule has 2 rings (SSSR count). The Morgan fingerprint density at radius 1 is 1.33 bits per heavy atom. The summed E-state index contributed by atoms with van der Waals surface area (Å²) in [5, 5.41) is 11.4. The first kappa shape index (κ1) is 20.3. The largest absolute Gasteiger partial charge is 0.459 e. The molecule has 0 aliphatic heterocycles. The minimum Gasteiger partial charge on any atom is -0.459 e. The maximum Gasteiger partial charge on any atom is 0.314 e. The van der Waals surface area contributed by atoms with Gasteiger partial charge in [0.25, 0.3) is 5.69 Å². The fourth-order valence-corrected chi connectivity index (χ4v) is 3.06. The Morgan fingerprint density at radius 2 is 1.96 bits per heavy atom. The Kier molecular flexibility index (Phi) is 5.48. The van der Waals surface area contributed by atoms with Gasteiger partial charge in [-0.2, -0.15) is 0 Å². The third-order valence-corrected chi connectivity index (χ3v) is 4.10. The van der Waals surface area contributed by atoms with E-state index in [2.05, 4.69) is 4.98 Å². The summed E-state index contributed by atoms with van der Waals surface area (Å²) in [6.45, 7) is 8.72. The van der Waals surface area contributed by atoms with Gasteiger partial charge in [-0.05, 0) is 40.2 Å². The third kappa shape index (κ3) is 4.21. The molecule has 1 amide bonds. The lowest BCUT2D eigenvalue weighted by molar-refractivity contribution is -0.384. The first-order valence-corrected chi connectivity index (χ1v) is 8.57. The van der Waals surface area contributed by atoms with Crippen LogP contribution in [0.1, 0.15) is 61.6 Å². The van der Waals surface area contributed by atoms with E-state index >= 15 is 0 Å². The number of aryl methyl sites for hydroxylation is 1. The molecule has 1 unspecified atom stereocenters. The normalized spacial score (nSPS) is 12.6. The number of nitro groups is 1. The molecule has 1 atom stereocenters. The fraction of sp³-hybridized carbons (Fsp3) is 0.421. The molecular formula is C19H23N3O5. The molecule has 2 N–H and O–H groups in total. The highest BCUT2D eigenvalue weighted by Gasteiger charge is 2.31. The van der Waals surface area contributed by atoms with Gasteiger partial charge in [0.15, 0.2) is 0 Å². The second-order valence-electron chi connectivity index (χ2n) is 7.30. The van der Waals surface area contributed by atoms with Gasteiger partial charge in [-0.1, -0.05) is 6.92 Å². The van der Waals surface area contributed by atoms with Crippen LogP contribution >= 0.6 is 0 Å². The van der Waals surface area contributed by atoms with Crippen LogP contribution in [0.15, 0.2) is 18.2 Å². The molecule has 0 aliphatic rings. The van der Waals surface area contributed by atoms with Crippen LogP contribution in [-0.2, 0) is 9.53 Å². The minimum atomic E-state index is -0.775. The number of rotatable bonds is 5. The molecule has 2 aromatic rings. The number of nitrogens with zero attached hydrogens (tertiary/aromatic N) is 2. The number of aromatic nitrogens is 1. The molecule has 27 heavy (non-hydrogen) atoms. The quantitative estimate of drug-likeness (QED) is 0.486. The molecule has 0 saturated heterocycles. The maximum atomic E-state index is 12.7. The number of pyridine rings is 1. The second-order valence-corrected chi connectivity index (χ2v) is 7.30. The molecule has 0 fully saturated rings. The average molecular weight is 373 g/mol. The van der Waals surface area contributed by atoms with E-state index < -0.39 is 28.3 Å². The van der Waals surface area contributed by atoms with Crippen LogP contribution in [0.2, 0.25) is 0 Å². The maximum absolute atomic E-state index is 12.7. The molecule has 8 nitrogen and oxygen atoms in total. The van der Waals surface area contributed by atoms with Crippen LogP contribution in [0.3, 0.4) is 0 Å². The van der Waals surface area contributed by atoms with E-state index in [1.165, 1.54) is 18.2 Å². The third-order valence-electron chi connectivity index (χ3n) is 4.10. The number of hydrogen-bond acceptors (Lipinski definition) is 6. The van der Waals surface area contributed by atoms with Gasteiger partial charge < -0.3 is 10.5 Å². The molecule has 1 aromatic carbocycles. The number of carbonyl (C=O) groups excluding carboxylic acids is 2. The molecule has 1 aromatic heterocycles. The van der Waals surface area contributed by atoms with Crippen molar-refractivity contribution >= 4 is 28.5 Å². The highest BCUT2D eigenvalue weighted by Crippen LogP contribution is 2.34. The summed E-state index contributed by atoms with van der Waals surface area (Å²) < 4.78 is 5.48. The number of ether oxygens (including phenoxy) is 1. The number of non-ortho nitro benzene ring substituents is 1. The van der Waals surface area contributed by atoms with Crippen molar-refractivity contribution in [1.82, 2.24) is 4.98 Å². The lowest BCUT2D eigenvalue weighted by atomic mass is 9.88. The molecule has 0 saturated carbocycles. The number of carbonyl (C=O) groups is 2. The summed E-state index contributed by atoms with van der Waals surface area (Å²) in [4.78, 5) is 40.0. The molecule has 1 heterocycles. The van der Waals surface area contributed by atoms with Crippen LogP contribution in [-0.4, -0.2) is 27.4 Å². The van der Waals surface area contributed by atoms with E-state index in [4.69, 9.17) is 10.5 Å². The Hall–Kier alpha value is -3.03. The van der Waals surface area contributed by atoms with Crippen LogP contribution in [0.4, 0.5) is 5.69 Å². The van der Waals surface area contributed by atoms with Crippen LogP contribution in [0.25, 0.3) is 10.9 Å². The summed E-state index contributed by atoms with van der Waals surface area (Å²) in [6, 6.07) is 4.03. The van der Waals surface area contributed by atoms with Gasteiger partial charge in [0.2, 0.25) is 5.91 Å². The molecule has 144 valence electrons. The summed E-state index contributed by atoms with van der Waals surface area (Å²) in [5.74, 6) is -2.03. The van der Waals surface area contributed by atoms with Crippen molar-refractivity contribution in [2.45, 2.75) is 52.6 Å². The smallest absolute Gasteiger partial charge is 0.314 e. The molecule has 0 bridgehead atoms. The lowest BCUT2D eigenvalue weighted by Crippen LogP contribution is -2.29. The monoisotopic (exact) mass is 373 g/mol. The number of primary amides is 1. The van der Waals surface area contributed by atoms with Gasteiger partial charge in [-0.25, -0.2) is 0 Å². The van der Waals surface area contributed by atoms with E-state index in [-0.39, 0.29) is 16.6 Å². The van der Waals surface area contributed by atoms with Gasteiger partial charge in [-0.15, -0.1) is 0 Å². The number of esters is 1. The van der Waals surface area contributed by atoms with Gasteiger partial charge in [0.05, 0.1) is 21.9 Å². The molecule has 8 heteroatoms. The van der Waals surface area contributed by atoms with Gasteiger partial charge in [0, 0.05) is 28.8 Å². The average Bonchev–Trinajstić information content (AvgIpc) is 2.53. The van der Waals surface area contributed by atoms with E-state index in [9.17, 15) is 19.7 Å². The van der Waals surface area contributed by atoms with Crippen LogP contribution < -0.4 is 5.73 Å². The number of amides is 1. The highest BCUT2D eigenvalue weighted by atomic mass is 16.6. The van der Waals surface area contributed by atoms with Crippen molar-refractivity contribution in [3.05, 3.63) is 45.1 Å². The SMILES string of the molecule is CCC(C(=O)OC(C)(C)C)c1c(C)nc2ccc([N+](=O)[O-])cc2c1C(N)=O. The summed E-state index contributed by atoms with van der Waals surface area (Å²) in [6.07, 6.45) is 0.359. The van der Waals surface area contributed by atoms with Crippen molar-refractivity contribution in [1.29, 1.82) is 0 Å². The van der Waals surface area contributed by atoms with Crippen molar-refractivity contribution in [3.63, 3.8) is 0 Å². The molecular weight excluding hydrogens is 350 g/mol. The zero-order valence-corrected chi connectivity index (χ0v) is 16.0. The first-order valence-electron chi connectivity index (χ1n) is 8.57. The number of nitrogens with two attached hydrogens (primary N) is 1. The fourth-order valence-electron chi connectivity index (χ4n) is 3.06. The predicted molar refractivity (Wildman–Crippen MR) is 101 cm³/mol.